The van der Waals surface area contributed by atoms with Crippen LogP contribution in [0.1, 0.15) is 28.8 Å². The molecule has 26 heavy (non-hydrogen) atoms. The Hall–Kier alpha value is -3.15. The van der Waals surface area contributed by atoms with Gasteiger partial charge in [0.15, 0.2) is 0 Å². The van der Waals surface area contributed by atoms with Crippen molar-refractivity contribution < 1.29 is 14.4 Å². The Morgan fingerprint density at radius 3 is 2.54 bits per heavy atom. The lowest BCUT2D eigenvalue weighted by atomic mass is 10.1. The second kappa shape index (κ2) is 8.29. The van der Waals surface area contributed by atoms with Crippen LogP contribution in [0.2, 0.25) is 0 Å². The number of hydrogen-bond donors (Lipinski definition) is 3. The van der Waals surface area contributed by atoms with Crippen molar-refractivity contribution >= 4 is 23.4 Å². The first-order valence-corrected chi connectivity index (χ1v) is 8.65. The molecule has 2 aromatic carbocycles. The molecule has 1 aliphatic heterocycles. The third kappa shape index (κ3) is 4.47. The van der Waals surface area contributed by atoms with Crippen molar-refractivity contribution in [2.75, 3.05) is 11.9 Å². The molecule has 134 valence electrons. The molecule has 0 radical (unpaired) electrons. The monoisotopic (exact) mass is 351 g/mol. The highest BCUT2D eigenvalue weighted by atomic mass is 16.2. The first-order chi connectivity index (χ1) is 12.6. The Bertz CT molecular complexity index is 805. The maximum Gasteiger partial charge on any atom is 0.254 e. The summed E-state index contributed by atoms with van der Waals surface area (Å²) in [4.78, 5) is 36.5. The van der Waals surface area contributed by atoms with E-state index in [9.17, 15) is 14.4 Å². The topological polar surface area (TPSA) is 87.3 Å². The molecule has 2 aromatic rings. The van der Waals surface area contributed by atoms with Crippen LogP contribution in [-0.4, -0.2) is 30.3 Å². The highest BCUT2D eigenvalue weighted by Crippen LogP contribution is 2.19. The molecular weight excluding hydrogens is 330 g/mol. The predicted octanol–water partition coefficient (Wildman–Crippen LogP) is 1.88. The van der Waals surface area contributed by atoms with Crippen LogP contribution in [-0.2, 0) is 16.0 Å². The van der Waals surface area contributed by atoms with E-state index in [-0.39, 0.29) is 30.6 Å². The largest absolute Gasteiger partial charge is 0.356 e. The minimum Gasteiger partial charge on any atom is -0.356 e. The van der Waals surface area contributed by atoms with Gasteiger partial charge in [-0.2, -0.15) is 0 Å². The maximum atomic E-state index is 12.3. The van der Waals surface area contributed by atoms with Crippen LogP contribution in [0.4, 0.5) is 5.69 Å². The average molecular weight is 351 g/mol. The molecule has 0 unspecified atom stereocenters. The number of fused-ring (bicyclic) bond motifs is 1. The average Bonchev–Trinajstić information content (AvgIpc) is 2.77. The highest BCUT2D eigenvalue weighted by molar-refractivity contribution is 6.09. The van der Waals surface area contributed by atoms with Crippen LogP contribution >= 0.6 is 0 Å². The molecule has 0 saturated carbocycles. The number of para-hydroxylation sites is 1. The van der Waals surface area contributed by atoms with Crippen molar-refractivity contribution in [1.82, 2.24) is 10.6 Å². The molecule has 0 spiro atoms. The van der Waals surface area contributed by atoms with Gasteiger partial charge in [-0.1, -0.05) is 42.5 Å². The van der Waals surface area contributed by atoms with E-state index >= 15 is 0 Å². The van der Waals surface area contributed by atoms with Gasteiger partial charge in [-0.05, 0) is 30.5 Å². The fourth-order valence-electron chi connectivity index (χ4n) is 2.87. The summed E-state index contributed by atoms with van der Waals surface area (Å²) in [7, 11) is 0. The fourth-order valence-corrected chi connectivity index (χ4v) is 2.87. The third-order valence-electron chi connectivity index (χ3n) is 4.29. The van der Waals surface area contributed by atoms with E-state index in [1.165, 1.54) is 0 Å². The second-order valence-electron chi connectivity index (χ2n) is 6.19. The van der Waals surface area contributed by atoms with E-state index in [2.05, 4.69) is 16.0 Å². The number of carbonyl (C=O) groups is 3. The zero-order chi connectivity index (χ0) is 18.4. The zero-order valence-electron chi connectivity index (χ0n) is 14.3. The molecule has 1 heterocycles. The first kappa shape index (κ1) is 17.7. The summed E-state index contributed by atoms with van der Waals surface area (Å²) in [5.74, 6) is -0.751. The molecule has 0 aromatic heterocycles. The van der Waals surface area contributed by atoms with Gasteiger partial charge in [-0.25, -0.2) is 0 Å². The van der Waals surface area contributed by atoms with Gasteiger partial charge >= 0.3 is 0 Å². The van der Waals surface area contributed by atoms with Crippen LogP contribution in [0.15, 0.2) is 54.6 Å². The highest BCUT2D eigenvalue weighted by Gasteiger charge is 2.27. The van der Waals surface area contributed by atoms with Crippen molar-refractivity contribution in [2.24, 2.45) is 0 Å². The number of carbonyl (C=O) groups excluding carboxylic acids is 3. The summed E-state index contributed by atoms with van der Waals surface area (Å²) < 4.78 is 0. The van der Waals surface area contributed by atoms with Gasteiger partial charge in [0, 0.05) is 13.0 Å². The molecule has 3 N–H and O–H groups in total. The molecule has 0 aliphatic carbocycles. The number of hydrogen-bond acceptors (Lipinski definition) is 3. The van der Waals surface area contributed by atoms with Gasteiger partial charge < -0.3 is 16.0 Å². The zero-order valence-corrected chi connectivity index (χ0v) is 14.3. The molecule has 3 rings (SSSR count). The third-order valence-corrected chi connectivity index (χ3v) is 4.29. The number of rotatable bonds is 6. The molecule has 6 heteroatoms. The fraction of sp³-hybridized carbons (Fsp3) is 0.250. The maximum absolute atomic E-state index is 12.3. The Labute approximate surface area is 152 Å². The van der Waals surface area contributed by atoms with Gasteiger partial charge in [0.2, 0.25) is 11.8 Å². The van der Waals surface area contributed by atoms with Crippen molar-refractivity contribution in [3.05, 3.63) is 65.7 Å². The summed E-state index contributed by atoms with van der Waals surface area (Å²) in [6.45, 7) is 0.539. The summed E-state index contributed by atoms with van der Waals surface area (Å²) in [6, 6.07) is 16.0. The number of nitrogens with one attached hydrogen (secondary N) is 3. The normalized spacial score (nSPS) is 16.1. The summed E-state index contributed by atoms with van der Waals surface area (Å²) >= 11 is 0. The minimum absolute atomic E-state index is 0.134. The summed E-state index contributed by atoms with van der Waals surface area (Å²) in [6.07, 6.45) is 1.18. The standard InChI is InChI=1S/C20H21N3O3/c24-18(21-13-12-14-6-2-1-3-7-14)11-10-17-20(26)22-16-9-5-4-8-15(16)19(25)23-17/h1-9,17H,10-13H2,(H,21,24)(H,22,26)(H,23,25)/t17-/m0/s1. The Morgan fingerprint density at radius 2 is 1.73 bits per heavy atom. The van der Waals surface area contributed by atoms with Gasteiger partial charge in [-0.15, -0.1) is 0 Å². The van der Waals surface area contributed by atoms with Crippen LogP contribution in [0.3, 0.4) is 0 Å². The van der Waals surface area contributed by atoms with E-state index in [4.69, 9.17) is 0 Å². The van der Waals surface area contributed by atoms with Crippen molar-refractivity contribution in [3.63, 3.8) is 0 Å². The Kier molecular flexibility index (Phi) is 5.63. The van der Waals surface area contributed by atoms with Crippen LogP contribution in [0.5, 0.6) is 0 Å². The van der Waals surface area contributed by atoms with Gasteiger partial charge in [0.1, 0.15) is 6.04 Å². The molecule has 0 saturated heterocycles. The Balaban J connectivity index is 1.47. The second-order valence-corrected chi connectivity index (χ2v) is 6.19. The van der Waals surface area contributed by atoms with E-state index in [0.717, 1.165) is 12.0 Å². The summed E-state index contributed by atoms with van der Waals surface area (Å²) in [5.41, 5.74) is 2.07. The molecule has 0 fully saturated rings. The van der Waals surface area contributed by atoms with E-state index in [1.807, 2.05) is 30.3 Å². The lowest BCUT2D eigenvalue weighted by molar-refractivity contribution is -0.121. The molecule has 0 bridgehead atoms. The summed E-state index contributed by atoms with van der Waals surface area (Å²) in [5, 5.41) is 8.27. The number of anilines is 1. The first-order valence-electron chi connectivity index (χ1n) is 8.65. The quantitative estimate of drug-likeness (QED) is 0.742. The van der Waals surface area contributed by atoms with Crippen molar-refractivity contribution in [3.8, 4) is 0 Å². The SMILES string of the molecule is O=C(CC[C@@H]1NC(=O)c2ccccc2NC1=O)NCCc1ccccc1. The number of amides is 3. The molecule has 6 nitrogen and oxygen atoms in total. The minimum atomic E-state index is -0.727. The van der Waals surface area contributed by atoms with Gasteiger partial charge in [-0.3, -0.25) is 14.4 Å². The van der Waals surface area contributed by atoms with E-state index in [1.54, 1.807) is 24.3 Å². The predicted molar refractivity (Wildman–Crippen MR) is 98.7 cm³/mol. The van der Waals surface area contributed by atoms with E-state index < -0.39 is 6.04 Å². The lowest BCUT2D eigenvalue weighted by Crippen LogP contribution is -2.42. The van der Waals surface area contributed by atoms with Gasteiger partial charge in [0.25, 0.3) is 5.91 Å². The lowest BCUT2D eigenvalue weighted by Gasteiger charge is -2.14. The molecule has 1 atom stereocenters. The van der Waals surface area contributed by atoms with Crippen molar-refractivity contribution in [2.45, 2.75) is 25.3 Å². The van der Waals surface area contributed by atoms with Crippen LogP contribution in [0.25, 0.3) is 0 Å². The van der Waals surface area contributed by atoms with Crippen LogP contribution in [0, 0.1) is 0 Å². The Morgan fingerprint density at radius 1 is 1.00 bits per heavy atom. The molecule has 3 amide bonds. The molecular formula is C20H21N3O3. The van der Waals surface area contributed by atoms with Gasteiger partial charge in [0.05, 0.1) is 11.3 Å². The smallest absolute Gasteiger partial charge is 0.254 e. The molecule has 1 aliphatic rings. The van der Waals surface area contributed by atoms with Crippen molar-refractivity contribution in [1.29, 1.82) is 0 Å². The van der Waals surface area contributed by atoms with Crippen LogP contribution < -0.4 is 16.0 Å². The number of benzene rings is 2. The van der Waals surface area contributed by atoms with E-state index in [0.29, 0.717) is 17.8 Å².